The molecule has 3 N–H and O–H groups in total. The lowest BCUT2D eigenvalue weighted by molar-refractivity contribution is -0.0245. The second-order valence-corrected chi connectivity index (χ2v) is 11.0. The monoisotopic (exact) mass is 522 g/mol. The van der Waals surface area contributed by atoms with Crippen LogP contribution in [0.1, 0.15) is 44.0 Å². The fourth-order valence-electron chi connectivity index (χ4n) is 4.66. The lowest BCUT2D eigenvalue weighted by Gasteiger charge is -2.39. The highest BCUT2D eigenvalue weighted by atomic mass is 16.6. The van der Waals surface area contributed by atoms with Crippen LogP contribution in [0.4, 0.5) is 10.6 Å². The number of likely N-dealkylation sites (tertiary alicyclic amines) is 2. The number of carbonyl (C=O) groups excluding carboxylic acids is 2. The van der Waals surface area contributed by atoms with Gasteiger partial charge >= 0.3 is 6.09 Å². The molecular formula is C27H34N6O5. The van der Waals surface area contributed by atoms with Gasteiger partial charge in [-0.15, -0.1) is 0 Å². The van der Waals surface area contributed by atoms with Crippen LogP contribution in [0.3, 0.4) is 0 Å². The van der Waals surface area contributed by atoms with Gasteiger partial charge in [-0.1, -0.05) is 18.2 Å². The molecule has 2 aliphatic heterocycles. The highest BCUT2D eigenvalue weighted by molar-refractivity contribution is 6.09. The summed E-state index contributed by atoms with van der Waals surface area (Å²) >= 11 is 0. The molecule has 0 unspecified atom stereocenters. The zero-order valence-electron chi connectivity index (χ0n) is 21.9. The first-order valence-corrected chi connectivity index (χ1v) is 12.9. The Bertz CT molecular complexity index is 1290. The minimum Gasteiger partial charge on any atom is -0.487 e. The zero-order valence-corrected chi connectivity index (χ0v) is 21.9. The Morgan fingerprint density at radius 1 is 1.13 bits per heavy atom. The number of H-pyrrole nitrogens is 1. The fraction of sp³-hybridized carbons (Fsp3) is 0.481. The van der Waals surface area contributed by atoms with Crippen LogP contribution in [0.25, 0.3) is 11.0 Å². The van der Waals surface area contributed by atoms with Crippen LogP contribution in [-0.4, -0.2) is 91.9 Å². The number of piperidine rings is 1. The van der Waals surface area contributed by atoms with E-state index in [0.29, 0.717) is 61.4 Å². The van der Waals surface area contributed by atoms with Gasteiger partial charge in [0.15, 0.2) is 0 Å². The van der Waals surface area contributed by atoms with Crippen molar-refractivity contribution >= 4 is 28.9 Å². The number of amides is 2. The van der Waals surface area contributed by atoms with Gasteiger partial charge in [-0.25, -0.2) is 14.8 Å². The average Bonchev–Trinajstić information content (AvgIpc) is 3.29. The molecule has 0 radical (unpaired) electrons. The molecule has 0 bridgehead atoms. The van der Waals surface area contributed by atoms with Gasteiger partial charge in [0.1, 0.15) is 35.2 Å². The molecule has 202 valence electrons. The molecule has 3 aromatic rings. The summed E-state index contributed by atoms with van der Waals surface area (Å²) in [6.07, 6.45) is 3.42. The van der Waals surface area contributed by atoms with Crippen LogP contribution in [0.2, 0.25) is 0 Å². The Morgan fingerprint density at radius 2 is 1.84 bits per heavy atom. The van der Waals surface area contributed by atoms with Crippen molar-refractivity contribution < 1.29 is 24.2 Å². The zero-order chi connectivity index (χ0) is 26.9. The van der Waals surface area contributed by atoms with Gasteiger partial charge in [0.25, 0.3) is 5.91 Å². The second-order valence-electron chi connectivity index (χ2n) is 11.0. The van der Waals surface area contributed by atoms with Crippen molar-refractivity contribution in [3.8, 4) is 5.75 Å². The van der Waals surface area contributed by atoms with E-state index < -0.39 is 11.2 Å². The third kappa shape index (κ3) is 5.67. The summed E-state index contributed by atoms with van der Waals surface area (Å²) in [5, 5.41) is 15.0. The standard InChI is InChI=1S/C27H34N6O5/c1-26(2,3)38-25(35)32-11-9-27(36,10-12-32)16-29-23-21-20(13-28-22(21)30-17-31-23)24(34)33-14-19(15-33)37-18-7-5-4-6-8-18/h4-8,13,17,19,36H,9-12,14-16H2,1-3H3,(H2,28,29,30,31). The molecule has 2 amide bonds. The molecule has 0 aliphatic carbocycles. The number of fused-ring (bicyclic) bond motifs is 1. The maximum atomic E-state index is 13.3. The number of para-hydroxylation sites is 1. The van der Waals surface area contributed by atoms with Gasteiger partial charge < -0.3 is 34.7 Å². The largest absolute Gasteiger partial charge is 0.487 e. The SMILES string of the molecule is CC(C)(C)OC(=O)N1CCC(O)(CNc2ncnc3[nH]cc(C(=O)N4CC(Oc5ccccc5)C4)c23)CC1. The second kappa shape index (κ2) is 10.1. The summed E-state index contributed by atoms with van der Waals surface area (Å²) in [6.45, 7) is 7.47. The van der Waals surface area contributed by atoms with Gasteiger partial charge in [0.05, 0.1) is 29.6 Å². The van der Waals surface area contributed by atoms with E-state index in [4.69, 9.17) is 9.47 Å². The molecule has 38 heavy (non-hydrogen) atoms. The number of rotatable bonds is 6. The van der Waals surface area contributed by atoms with E-state index in [1.807, 2.05) is 51.1 Å². The molecule has 5 rings (SSSR count). The van der Waals surface area contributed by atoms with Crippen LogP contribution < -0.4 is 10.1 Å². The molecule has 11 nitrogen and oxygen atoms in total. The molecule has 11 heteroatoms. The minimum absolute atomic E-state index is 0.0544. The number of hydrogen-bond donors (Lipinski definition) is 3. The molecule has 2 saturated heterocycles. The Hall–Kier alpha value is -3.86. The normalized spacial score (nSPS) is 17.7. The van der Waals surface area contributed by atoms with Crippen LogP contribution in [0.5, 0.6) is 5.75 Å². The van der Waals surface area contributed by atoms with E-state index in [1.165, 1.54) is 6.33 Å². The van der Waals surface area contributed by atoms with Crippen molar-refractivity contribution in [2.24, 2.45) is 0 Å². The van der Waals surface area contributed by atoms with Gasteiger partial charge in [0.2, 0.25) is 0 Å². The number of nitrogens with zero attached hydrogens (tertiary/aromatic N) is 4. The topological polar surface area (TPSA) is 133 Å². The van der Waals surface area contributed by atoms with Gasteiger partial charge in [-0.05, 0) is 45.7 Å². The van der Waals surface area contributed by atoms with E-state index in [1.54, 1.807) is 16.0 Å². The van der Waals surface area contributed by atoms with E-state index in [-0.39, 0.29) is 24.6 Å². The molecule has 2 aromatic heterocycles. The molecular weight excluding hydrogens is 488 g/mol. The summed E-state index contributed by atoms with van der Waals surface area (Å²) < 4.78 is 11.4. The number of ether oxygens (including phenoxy) is 2. The van der Waals surface area contributed by atoms with Crippen molar-refractivity contribution in [3.63, 3.8) is 0 Å². The van der Waals surface area contributed by atoms with Crippen molar-refractivity contribution in [2.75, 3.05) is 38.0 Å². The van der Waals surface area contributed by atoms with E-state index in [2.05, 4.69) is 20.3 Å². The van der Waals surface area contributed by atoms with Crippen LogP contribution in [0, 0.1) is 0 Å². The maximum absolute atomic E-state index is 13.3. The van der Waals surface area contributed by atoms with Gasteiger partial charge in [-0.3, -0.25) is 4.79 Å². The highest BCUT2D eigenvalue weighted by Gasteiger charge is 2.37. The van der Waals surface area contributed by atoms with Crippen molar-refractivity contribution in [3.05, 3.63) is 48.4 Å². The quantitative estimate of drug-likeness (QED) is 0.450. The lowest BCUT2D eigenvalue weighted by atomic mass is 9.91. The first-order chi connectivity index (χ1) is 18.1. The molecule has 0 atom stereocenters. The van der Waals surface area contributed by atoms with E-state index in [9.17, 15) is 14.7 Å². The molecule has 2 aliphatic rings. The highest BCUT2D eigenvalue weighted by Crippen LogP contribution is 2.29. The van der Waals surface area contributed by atoms with Crippen molar-refractivity contribution in [1.82, 2.24) is 24.8 Å². The van der Waals surface area contributed by atoms with E-state index >= 15 is 0 Å². The molecule has 0 saturated carbocycles. The summed E-state index contributed by atoms with van der Waals surface area (Å²) in [5.74, 6) is 1.12. The van der Waals surface area contributed by atoms with Crippen LogP contribution >= 0.6 is 0 Å². The Balaban J connectivity index is 1.20. The number of aromatic amines is 1. The van der Waals surface area contributed by atoms with Crippen LogP contribution in [0.15, 0.2) is 42.9 Å². The number of anilines is 1. The van der Waals surface area contributed by atoms with Crippen molar-refractivity contribution in [2.45, 2.75) is 50.9 Å². The summed E-state index contributed by atoms with van der Waals surface area (Å²) in [7, 11) is 0. The fourth-order valence-corrected chi connectivity index (χ4v) is 4.66. The first kappa shape index (κ1) is 25.8. The first-order valence-electron chi connectivity index (χ1n) is 12.9. The Kier molecular flexibility index (Phi) is 6.87. The predicted octanol–water partition coefficient (Wildman–Crippen LogP) is 3.04. The lowest BCUT2D eigenvalue weighted by Crippen LogP contribution is -2.56. The van der Waals surface area contributed by atoms with Crippen molar-refractivity contribution in [1.29, 1.82) is 0 Å². The van der Waals surface area contributed by atoms with E-state index in [0.717, 1.165) is 5.75 Å². The van der Waals surface area contributed by atoms with Gasteiger partial charge in [-0.2, -0.15) is 0 Å². The third-order valence-electron chi connectivity index (χ3n) is 6.81. The molecule has 1 aromatic carbocycles. The third-order valence-corrected chi connectivity index (χ3v) is 6.81. The Labute approximate surface area is 221 Å². The Morgan fingerprint density at radius 3 is 2.53 bits per heavy atom. The number of nitrogens with one attached hydrogen (secondary N) is 2. The molecule has 0 spiro atoms. The maximum Gasteiger partial charge on any atom is 0.410 e. The number of aliphatic hydroxyl groups is 1. The number of hydrogen-bond acceptors (Lipinski definition) is 8. The van der Waals surface area contributed by atoms with Gasteiger partial charge in [0, 0.05) is 25.8 Å². The summed E-state index contributed by atoms with van der Waals surface area (Å²) in [4.78, 5) is 40.7. The number of aromatic nitrogens is 3. The summed E-state index contributed by atoms with van der Waals surface area (Å²) in [6, 6.07) is 9.56. The molecule has 4 heterocycles. The predicted molar refractivity (Wildman–Crippen MR) is 141 cm³/mol. The summed E-state index contributed by atoms with van der Waals surface area (Å²) in [5.41, 5.74) is -0.596. The number of carbonyl (C=O) groups is 2. The molecule has 2 fully saturated rings. The smallest absolute Gasteiger partial charge is 0.410 e. The van der Waals surface area contributed by atoms with Crippen LogP contribution in [-0.2, 0) is 4.74 Å². The average molecular weight is 523 g/mol. The minimum atomic E-state index is -1.03. The number of benzene rings is 1.